The summed E-state index contributed by atoms with van der Waals surface area (Å²) in [6.45, 7) is 8.16. The summed E-state index contributed by atoms with van der Waals surface area (Å²) in [5.74, 6) is 2.83. The number of aryl methyl sites for hydroxylation is 1. The van der Waals surface area contributed by atoms with Gasteiger partial charge in [0.1, 0.15) is 16.7 Å². The Hall–Kier alpha value is -2.13. The third-order valence-electron chi connectivity index (χ3n) is 10.2. The first kappa shape index (κ1) is 31.8. The van der Waals surface area contributed by atoms with Crippen molar-refractivity contribution in [1.82, 2.24) is 4.72 Å². The van der Waals surface area contributed by atoms with Crippen LogP contribution in [-0.2, 0) is 26.9 Å². The van der Waals surface area contributed by atoms with Crippen LogP contribution in [0.25, 0.3) is 0 Å². The van der Waals surface area contributed by atoms with Crippen molar-refractivity contribution in [2.75, 3.05) is 43.6 Å². The Morgan fingerprint density at radius 2 is 1.82 bits per heavy atom. The number of carbonyl (C=O) groups is 1. The molecule has 9 heteroatoms. The lowest BCUT2D eigenvalue weighted by Gasteiger charge is -2.47. The number of anilines is 1. The van der Waals surface area contributed by atoms with Crippen molar-refractivity contribution in [3.05, 3.63) is 58.1 Å². The second-order valence-electron chi connectivity index (χ2n) is 13.3. The molecule has 6 rings (SSSR count). The lowest BCUT2D eigenvalue weighted by Crippen LogP contribution is -2.47. The summed E-state index contributed by atoms with van der Waals surface area (Å²) in [5, 5.41) is 0.762. The molecule has 0 aromatic heterocycles. The zero-order valence-electron chi connectivity index (χ0n) is 26.1. The Bertz CT molecular complexity index is 1330. The molecule has 1 saturated carbocycles. The number of rotatable bonds is 4. The van der Waals surface area contributed by atoms with Crippen molar-refractivity contribution < 1.29 is 23.2 Å². The monoisotopic (exact) mass is 642 g/mol. The number of hydrogen-bond acceptors (Lipinski definition) is 6. The minimum Gasteiger partial charge on any atom is -0.491 e. The fraction of sp³-hybridized carbons (Fsp3) is 0.629. The Morgan fingerprint density at radius 3 is 2.59 bits per heavy atom. The molecule has 3 heterocycles. The van der Waals surface area contributed by atoms with Crippen LogP contribution in [-0.4, -0.2) is 55.1 Å². The summed E-state index contributed by atoms with van der Waals surface area (Å²) in [6, 6.07) is 11.9. The molecule has 240 valence electrons. The zero-order chi connectivity index (χ0) is 30.6. The average molecular weight is 643 g/mol. The van der Waals surface area contributed by atoms with Crippen molar-refractivity contribution >= 4 is 34.2 Å². The number of amides is 1. The van der Waals surface area contributed by atoms with Crippen molar-refractivity contribution in [1.29, 1.82) is 0 Å². The van der Waals surface area contributed by atoms with Gasteiger partial charge in [0.05, 0.1) is 25.5 Å². The summed E-state index contributed by atoms with van der Waals surface area (Å²) in [4.78, 5) is 15.7. The maximum Gasteiger partial charge on any atom is 0.263 e. The molecule has 3 aliphatic heterocycles. The van der Waals surface area contributed by atoms with E-state index in [0.717, 1.165) is 81.3 Å². The molecule has 0 radical (unpaired) electrons. The number of nitrogens with zero attached hydrogens (tertiary/aromatic N) is 1. The first-order valence-electron chi connectivity index (χ1n) is 16.6. The van der Waals surface area contributed by atoms with Gasteiger partial charge in [0.25, 0.3) is 5.91 Å². The fourth-order valence-corrected chi connectivity index (χ4v) is 8.81. The van der Waals surface area contributed by atoms with Gasteiger partial charge in [0, 0.05) is 41.3 Å². The molecular formula is C35H47ClN2O5S. The van der Waals surface area contributed by atoms with Crippen LogP contribution >= 0.6 is 11.6 Å². The Balaban J connectivity index is 1.35. The second kappa shape index (κ2) is 14.5. The molecule has 1 N–H and O–H groups in total. The molecule has 1 amide bonds. The Kier molecular flexibility index (Phi) is 10.5. The number of halogens is 1. The highest BCUT2D eigenvalue weighted by molar-refractivity contribution is 7.83. The normalized spacial score (nSPS) is 30.3. The van der Waals surface area contributed by atoms with Crippen LogP contribution in [0.5, 0.6) is 5.75 Å². The van der Waals surface area contributed by atoms with Gasteiger partial charge < -0.3 is 19.1 Å². The van der Waals surface area contributed by atoms with Crippen LogP contribution in [0.3, 0.4) is 0 Å². The molecule has 6 atom stereocenters. The molecular weight excluding hydrogens is 596 g/mol. The van der Waals surface area contributed by atoms with Crippen molar-refractivity contribution in [2.24, 2.45) is 23.7 Å². The smallest absolute Gasteiger partial charge is 0.263 e. The van der Waals surface area contributed by atoms with Gasteiger partial charge in [-0.3, -0.25) is 9.52 Å². The summed E-state index contributed by atoms with van der Waals surface area (Å²) < 4.78 is 34.6. The standard InChI is InChI=1S/C35H47ClN2O5S/c1-3-5-24-18-28(36)9-12-29(24)27-21-38-20-26-7-11-30(26)31(35-41-15-4-16-42-35)10-6-23(2)14-17-44(40)37-34(39)25-8-13-33(43-22-27)32(38)19-25/h8-9,12-13,18-19,23,26-27,30-31,35H,3-7,10-11,14-17,20-22H2,1-2H3,(H,37,39)/t23?,26?,27?,30?,31-,44?/m1/s1. The largest absolute Gasteiger partial charge is 0.491 e. The second-order valence-corrected chi connectivity index (χ2v) is 15.0. The number of benzene rings is 2. The maximum atomic E-state index is 13.2. The van der Waals surface area contributed by atoms with E-state index in [4.69, 9.17) is 25.8 Å². The van der Waals surface area contributed by atoms with Crippen LogP contribution in [0.2, 0.25) is 5.02 Å². The van der Waals surface area contributed by atoms with E-state index in [2.05, 4.69) is 35.6 Å². The summed E-state index contributed by atoms with van der Waals surface area (Å²) in [7, 11) is -1.43. The summed E-state index contributed by atoms with van der Waals surface area (Å²) >= 11 is 6.44. The van der Waals surface area contributed by atoms with E-state index in [9.17, 15) is 9.00 Å². The Labute approximate surface area is 269 Å². The SMILES string of the molecule is CCCc1cc(Cl)ccc1C1COc2ccc3cc2N(C1)CC1CCC1[C@H](C1OCCCO1)CCC(C)CCS(=O)NC3=O. The molecule has 4 aliphatic rings. The zero-order valence-corrected chi connectivity index (χ0v) is 27.7. The van der Waals surface area contributed by atoms with E-state index in [-0.39, 0.29) is 18.1 Å². The average Bonchev–Trinajstić information content (AvgIpc) is 3.19. The minimum absolute atomic E-state index is 0.150. The molecule has 5 unspecified atom stereocenters. The predicted octanol–water partition coefficient (Wildman–Crippen LogP) is 6.89. The van der Waals surface area contributed by atoms with Crippen LogP contribution in [0.1, 0.15) is 86.2 Å². The third kappa shape index (κ3) is 7.30. The lowest BCUT2D eigenvalue weighted by molar-refractivity contribution is -0.224. The lowest BCUT2D eigenvalue weighted by atomic mass is 9.65. The number of ether oxygens (including phenoxy) is 3. The van der Waals surface area contributed by atoms with E-state index in [0.29, 0.717) is 41.6 Å². The topological polar surface area (TPSA) is 77.1 Å². The third-order valence-corrected chi connectivity index (χ3v) is 11.4. The molecule has 2 aromatic rings. The van der Waals surface area contributed by atoms with E-state index in [1.165, 1.54) is 24.0 Å². The predicted molar refractivity (Wildman–Crippen MR) is 176 cm³/mol. The van der Waals surface area contributed by atoms with E-state index >= 15 is 0 Å². The van der Waals surface area contributed by atoms with Gasteiger partial charge in [-0.05, 0) is 97.7 Å². The van der Waals surface area contributed by atoms with Crippen molar-refractivity contribution in [3.8, 4) is 5.75 Å². The molecule has 2 bridgehead atoms. The number of hydrogen-bond donors (Lipinski definition) is 1. The first-order valence-corrected chi connectivity index (χ1v) is 18.3. The van der Waals surface area contributed by atoms with Crippen LogP contribution in [0, 0.1) is 23.7 Å². The number of fused-ring (bicyclic) bond motifs is 2. The first-order chi connectivity index (χ1) is 21.4. The van der Waals surface area contributed by atoms with E-state index < -0.39 is 11.0 Å². The maximum absolute atomic E-state index is 13.2. The molecule has 7 nitrogen and oxygen atoms in total. The van der Waals surface area contributed by atoms with Gasteiger partial charge in [0.15, 0.2) is 6.29 Å². The molecule has 2 fully saturated rings. The molecule has 44 heavy (non-hydrogen) atoms. The molecule has 2 aromatic carbocycles. The number of nitrogens with one attached hydrogen (secondary N) is 1. The van der Waals surface area contributed by atoms with Gasteiger partial charge >= 0.3 is 0 Å². The van der Waals surface area contributed by atoms with Gasteiger partial charge in [-0.2, -0.15) is 0 Å². The van der Waals surface area contributed by atoms with Crippen molar-refractivity contribution in [3.63, 3.8) is 0 Å². The fourth-order valence-electron chi connectivity index (χ4n) is 7.57. The molecule has 0 spiro atoms. The highest BCUT2D eigenvalue weighted by atomic mass is 35.5. The molecule has 1 aliphatic carbocycles. The van der Waals surface area contributed by atoms with Crippen LogP contribution in [0.15, 0.2) is 36.4 Å². The van der Waals surface area contributed by atoms with E-state index in [1.54, 1.807) is 6.07 Å². The summed E-state index contributed by atoms with van der Waals surface area (Å²) in [6.07, 6.45) is 8.01. The van der Waals surface area contributed by atoms with Crippen LogP contribution in [0.4, 0.5) is 5.69 Å². The summed E-state index contributed by atoms with van der Waals surface area (Å²) in [5.41, 5.74) is 4.00. The van der Waals surface area contributed by atoms with Gasteiger partial charge in [-0.15, -0.1) is 0 Å². The quantitative estimate of drug-likeness (QED) is 0.391. The van der Waals surface area contributed by atoms with Gasteiger partial charge in [-0.1, -0.05) is 44.4 Å². The number of carbonyl (C=O) groups excluding carboxylic acids is 1. The van der Waals surface area contributed by atoms with Crippen molar-refractivity contribution in [2.45, 2.75) is 77.4 Å². The van der Waals surface area contributed by atoms with Crippen LogP contribution < -0.4 is 14.4 Å². The van der Waals surface area contributed by atoms with Gasteiger partial charge in [-0.25, -0.2) is 4.21 Å². The highest BCUT2D eigenvalue weighted by Gasteiger charge is 2.43. The van der Waals surface area contributed by atoms with Gasteiger partial charge in [0.2, 0.25) is 0 Å². The Morgan fingerprint density at radius 1 is 1.00 bits per heavy atom. The highest BCUT2D eigenvalue weighted by Crippen LogP contribution is 2.47. The van der Waals surface area contributed by atoms with E-state index in [1.807, 2.05) is 18.2 Å². The molecule has 1 saturated heterocycles. The minimum atomic E-state index is -1.43.